The first-order valence-corrected chi connectivity index (χ1v) is 11.6. The van der Waals surface area contributed by atoms with Crippen molar-refractivity contribution in [2.75, 3.05) is 19.7 Å². The monoisotopic (exact) mass is 497 g/mol. The summed E-state index contributed by atoms with van der Waals surface area (Å²) in [6.45, 7) is 6.94. The van der Waals surface area contributed by atoms with E-state index in [0.717, 1.165) is 46.4 Å². The molecule has 0 saturated heterocycles. The molecular formula is C25H28BrN3O3. The van der Waals surface area contributed by atoms with Crippen LogP contribution in [-0.4, -0.2) is 41.0 Å². The van der Waals surface area contributed by atoms with Gasteiger partial charge in [-0.25, -0.2) is 4.79 Å². The fraction of sp³-hybridized carbons (Fsp3) is 0.400. The number of hydrogen-bond acceptors (Lipinski definition) is 4. The van der Waals surface area contributed by atoms with Crippen molar-refractivity contribution in [1.29, 1.82) is 5.26 Å². The number of amides is 1. The standard InChI is InChI=1S/C25H28BrN3O3/c1-4-11-28(15-19-5-6-19)24(30)16-32-25(31)21(14-27)13-20-12-17(2)29(18(20)3)23-9-7-22(26)8-10-23/h7-10,12-13,19H,4-6,11,15-16H2,1-3H3/b21-13+. The van der Waals surface area contributed by atoms with Gasteiger partial charge in [0.2, 0.25) is 0 Å². The van der Waals surface area contributed by atoms with E-state index in [0.29, 0.717) is 19.0 Å². The molecule has 168 valence electrons. The summed E-state index contributed by atoms with van der Waals surface area (Å²) in [5.41, 5.74) is 3.50. The van der Waals surface area contributed by atoms with Gasteiger partial charge in [-0.15, -0.1) is 0 Å². The summed E-state index contributed by atoms with van der Waals surface area (Å²) < 4.78 is 8.25. The Morgan fingerprint density at radius 2 is 1.97 bits per heavy atom. The molecule has 1 heterocycles. The number of ether oxygens (including phenoxy) is 1. The number of nitriles is 1. The molecule has 1 amide bonds. The van der Waals surface area contributed by atoms with E-state index in [1.54, 1.807) is 4.90 Å². The largest absolute Gasteiger partial charge is 0.451 e. The second-order valence-electron chi connectivity index (χ2n) is 8.17. The van der Waals surface area contributed by atoms with Gasteiger partial charge in [-0.3, -0.25) is 4.79 Å². The first kappa shape index (κ1) is 23.8. The molecule has 6 nitrogen and oxygen atoms in total. The molecule has 0 unspecified atom stereocenters. The zero-order valence-corrected chi connectivity index (χ0v) is 20.3. The van der Waals surface area contributed by atoms with E-state index < -0.39 is 5.97 Å². The highest BCUT2D eigenvalue weighted by molar-refractivity contribution is 9.10. The van der Waals surface area contributed by atoms with E-state index in [1.807, 2.05) is 57.2 Å². The number of esters is 1. The molecule has 1 saturated carbocycles. The fourth-order valence-electron chi connectivity index (χ4n) is 3.71. The third-order valence-corrected chi connectivity index (χ3v) is 6.07. The van der Waals surface area contributed by atoms with Crippen molar-refractivity contribution in [3.63, 3.8) is 0 Å². The second-order valence-corrected chi connectivity index (χ2v) is 9.08. The SMILES string of the molecule is CCCN(CC1CC1)C(=O)COC(=O)/C(C#N)=C/c1cc(C)n(-c2ccc(Br)cc2)c1C. The van der Waals surface area contributed by atoms with Gasteiger partial charge in [0.25, 0.3) is 5.91 Å². The Balaban J connectivity index is 1.72. The van der Waals surface area contributed by atoms with Crippen LogP contribution in [0.2, 0.25) is 0 Å². The molecule has 0 radical (unpaired) electrons. The van der Waals surface area contributed by atoms with Crippen LogP contribution in [0.4, 0.5) is 0 Å². The van der Waals surface area contributed by atoms with Gasteiger partial charge in [-0.05, 0) is 81.0 Å². The topological polar surface area (TPSA) is 75.3 Å². The van der Waals surface area contributed by atoms with Crippen LogP contribution < -0.4 is 0 Å². The number of hydrogen-bond donors (Lipinski definition) is 0. The van der Waals surface area contributed by atoms with E-state index in [2.05, 4.69) is 20.5 Å². The minimum atomic E-state index is -0.780. The van der Waals surface area contributed by atoms with E-state index in [9.17, 15) is 14.9 Å². The molecule has 32 heavy (non-hydrogen) atoms. The van der Waals surface area contributed by atoms with Crippen molar-refractivity contribution in [2.24, 2.45) is 5.92 Å². The van der Waals surface area contributed by atoms with E-state index in [1.165, 1.54) is 6.08 Å². The van der Waals surface area contributed by atoms with Crippen LogP contribution in [-0.2, 0) is 14.3 Å². The zero-order valence-electron chi connectivity index (χ0n) is 18.7. The normalized spacial score (nSPS) is 13.5. The Hall–Kier alpha value is -2.85. The van der Waals surface area contributed by atoms with Crippen molar-refractivity contribution in [2.45, 2.75) is 40.0 Å². The predicted octanol–water partition coefficient (Wildman–Crippen LogP) is 4.96. The number of aryl methyl sites for hydroxylation is 1. The molecule has 0 N–H and O–H groups in total. The van der Waals surface area contributed by atoms with Gasteiger partial charge in [0.1, 0.15) is 11.6 Å². The van der Waals surface area contributed by atoms with Crippen molar-refractivity contribution in [3.05, 3.63) is 57.3 Å². The van der Waals surface area contributed by atoms with Crippen LogP contribution in [0.3, 0.4) is 0 Å². The van der Waals surface area contributed by atoms with Gasteiger partial charge in [-0.2, -0.15) is 5.26 Å². The molecule has 1 aliphatic rings. The fourth-order valence-corrected chi connectivity index (χ4v) is 3.97. The average Bonchev–Trinajstić information content (AvgIpc) is 3.55. The highest BCUT2D eigenvalue weighted by atomic mass is 79.9. The summed E-state index contributed by atoms with van der Waals surface area (Å²) in [6, 6.07) is 11.8. The lowest BCUT2D eigenvalue weighted by molar-refractivity contribution is -0.148. The van der Waals surface area contributed by atoms with Crippen LogP contribution in [0.5, 0.6) is 0 Å². The van der Waals surface area contributed by atoms with Gasteiger partial charge < -0.3 is 14.2 Å². The summed E-state index contributed by atoms with van der Waals surface area (Å²) in [5, 5.41) is 9.53. The molecule has 0 bridgehead atoms. The summed E-state index contributed by atoms with van der Waals surface area (Å²) in [4.78, 5) is 26.8. The maximum Gasteiger partial charge on any atom is 0.349 e. The Bertz CT molecular complexity index is 1060. The third kappa shape index (κ3) is 5.89. The van der Waals surface area contributed by atoms with Crippen LogP contribution >= 0.6 is 15.9 Å². The molecule has 1 aromatic carbocycles. The smallest absolute Gasteiger partial charge is 0.349 e. The summed E-state index contributed by atoms with van der Waals surface area (Å²) in [6.07, 6.45) is 4.67. The predicted molar refractivity (Wildman–Crippen MR) is 127 cm³/mol. The number of carbonyl (C=O) groups is 2. The second kappa shape index (κ2) is 10.6. The van der Waals surface area contributed by atoms with Crippen molar-refractivity contribution >= 4 is 33.9 Å². The minimum Gasteiger partial charge on any atom is -0.451 e. The highest BCUT2D eigenvalue weighted by Gasteiger charge is 2.27. The molecule has 7 heteroatoms. The summed E-state index contributed by atoms with van der Waals surface area (Å²) in [7, 11) is 0. The van der Waals surface area contributed by atoms with Gasteiger partial charge in [0, 0.05) is 34.6 Å². The molecular weight excluding hydrogens is 470 g/mol. The van der Waals surface area contributed by atoms with Crippen LogP contribution in [0.25, 0.3) is 11.8 Å². The molecule has 0 aliphatic heterocycles. The molecule has 1 aromatic heterocycles. The lowest BCUT2D eigenvalue weighted by Gasteiger charge is -2.21. The quantitative estimate of drug-likeness (QED) is 0.278. The van der Waals surface area contributed by atoms with Gasteiger partial charge in [0.05, 0.1) is 0 Å². The van der Waals surface area contributed by atoms with Gasteiger partial charge >= 0.3 is 5.97 Å². The molecule has 0 atom stereocenters. The third-order valence-electron chi connectivity index (χ3n) is 5.54. The number of rotatable bonds is 9. The first-order chi connectivity index (χ1) is 15.3. The lowest BCUT2D eigenvalue weighted by atomic mass is 10.1. The van der Waals surface area contributed by atoms with Gasteiger partial charge in [0.15, 0.2) is 6.61 Å². The van der Waals surface area contributed by atoms with Gasteiger partial charge in [-0.1, -0.05) is 22.9 Å². The lowest BCUT2D eigenvalue weighted by Crippen LogP contribution is -2.36. The number of carbonyl (C=O) groups excluding carboxylic acids is 2. The molecule has 2 aromatic rings. The number of halogens is 1. The van der Waals surface area contributed by atoms with Crippen molar-refractivity contribution < 1.29 is 14.3 Å². The number of nitrogens with zero attached hydrogens (tertiary/aromatic N) is 3. The van der Waals surface area contributed by atoms with Crippen molar-refractivity contribution in [1.82, 2.24) is 9.47 Å². The van der Waals surface area contributed by atoms with E-state index in [4.69, 9.17) is 4.74 Å². The minimum absolute atomic E-state index is 0.127. The summed E-state index contributed by atoms with van der Waals surface area (Å²) >= 11 is 3.44. The van der Waals surface area contributed by atoms with Crippen LogP contribution in [0.1, 0.15) is 43.1 Å². The highest BCUT2D eigenvalue weighted by Crippen LogP contribution is 2.30. The number of aromatic nitrogens is 1. The Labute approximate surface area is 197 Å². The Morgan fingerprint density at radius 3 is 2.56 bits per heavy atom. The maximum atomic E-state index is 12.5. The van der Waals surface area contributed by atoms with E-state index in [-0.39, 0.29) is 18.1 Å². The molecule has 1 fully saturated rings. The Morgan fingerprint density at radius 1 is 1.28 bits per heavy atom. The molecule has 0 spiro atoms. The maximum absolute atomic E-state index is 12.5. The van der Waals surface area contributed by atoms with Crippen LogP contribution in [0.15, 0.2) is 40.4 Å². The van der Waals surface area contributed by atoms with Crippen LogP contribution in [0, 0.1) is 31.1 Å². The Kier molecular flexibility index (Phi) is 7.92. The zero-order chi connectivity index (χ0) is 23.3. The van der Waals surface area contributed by atoms with Crippen molar-refractivity contribution in [3.8, 4) is 11.8 Å². The number of benzene rings is 1. The average molecular weight is 498 g/mol. The molecule has 3 rings (SSSR count). The first-order valence-electron chi connectivity index (χ1n) is 10.9. The van der Waals surface area contributed by atoms with E-state index >= 15 is 0 Å². The summed E-state index contributed by atoms with van der Waals surface area (Å²) in [5.74, 6) is -0.424. The molecule has 1 aliphatic carbocycles.